The molecule has 0 aliphatic carbocycles. The lowest BCUT2D eigenvalue weighted by Crippen LogP contribution is -2.30. The Morgan fingerprint density at radius 3 is 2.00 bits per heavy atom. The first-order chi connectivity index (χ1) is 18.0. The average molecular weight is 533 g/mol. The van der Waals surface area contributed by atoms with E-state index < -0.39 is 0 Å². The van der Waals surface area contributed by atoms with Gasteiger partial charge >= 0.3 is 0 Å². The highest BCUT2D eigenvalue weighted by atomic mass is 16.6. The van der Waals surface area contributed by atoms with E-state index in [1.54, 1.807) is 13.3 Å². The molecule has 37 heavy (non-hydrogen) atoms. The molecule has 11 nitrogen and oxygen atoms in total. The van der Waals surface area contributed by atoms with Crippen LogP contribution in [0.15, 0.2) is 11.9 Å². The number of amides is 2. The van der Waals surface area contributed by atoms with E-state index in [0.717, 1.165) is 12.8 Å². The Labute approximate surface area is 223 Å². The summed E-state index contributed by atoms with van der Waals surface area (Å²) in [5, 5.41) is 8.76. The average Bonchev–Trinajstić information content (AvgIpc) is 2.88. The van der Waals surface area contributed by atoms with Crippen LogP contribution >= 0.6 is 0 Å². The third-order valence-electron chi connectivity index (χ3n) is 5.15. The second-order valence-electron chi connectivity index (χ2n) is 8.78. The van der Waals surface area contributed by atoms with Gasteiger partial charge in [-0.05, 0) is 25.2 Å². The van der Waals surface area contributed by atoms with Gasteiger partial charge in [0, 0.05) is 58.1 Å². The van der Waals surface area contributed by atoms with Gasteiger partial charge in [0.2, 0.25) is 11.8 Å². The van der Waals surface area contributed by atoms with Crippen LogP contribution in [0.25, 0.3) is 0 Å². The van der Waals surface area contributed by atoms with E-state index in [4.69, 9.17) is 29.4 Å². The number of rotatable bonds is 27. The zero-order chi connectivity index (χ0) is 27.4. The van der Waals surface area contributed by atoms with E-state index in [9.17, 15) is 9.59 Å². The van der Waals surface area contributed by atoms with Gasteiger partial charge in [-0.3, -0.25) is 9.59 Å². The summed E-state index contributed by atoms with van der Waals surface area (Å²) in [4.78, 5) is 23.7. The molecule has 0 bridgehead atoms. The fraction of sp³-hybridized carbons (Fsp3) is 0.846. The summed E-state index contributed by atoms with van der Waals surface area (Å²) in [7, 11) is 1.64. The van der Waals surface area contributed by atoms with E-state index >= 15 is 0 Å². The van der Waals surface area contributed by atoms with Crippen LogP contribution in [-0.4, -0.2) is 98.0 Å². The molecule has 0 spiro atoms. The molecule has 0 aromatic heterocycles. The maximum Gasteiger partial charge on any atom is 0.222 e. The van der Waals surface area contributed by atoms with Crippen LogP contribution in [0.5, 0.6) is 0 Å². The minimum Gasteiger partial charge on any atom is -0.401 e. The van der Waals surface area contributed by atoms with Crippen molar-refractivity contribution in [3.8, 4) is 0 Å². The molecular formula is C26H52N4O7. The number of nitrogens with two attached hydrogens (primary N) is 1. The standard InChI is InChI=1S/C26H52N4O7/c1-4-6-23(2)22-37-13-9-26(32)30-11-5-10-29-25(31)8-7-24(27)21-28-12-14-34-17-18-36-20-19-35-16-15-33-3/h21,23,28H,4-20,22,27H2,1-3H3,(H,29,31)(H,30,32)/b24-21-. The summed E-state index contributed by atoms with van der Waals surface area (Å²) in [6.07, 6.45) is 5.79. The zero-order valence-corrected chi connectivity index (χ0v) is 23.3. The van der Waals surface area contributed by atoms with Crippen molar-refractivity contribution in [1.82, 2.24) is 16.0 Å². The molecule has 11 heteroatoms. The minimum atomic E-state index is -0.0651. The van der Waals surface area contributed by atoms with E-state index in [1.165, 1.54) is 0 Å². The maximum atomic E-state index is 11.9. The molecule has 5 N–H and O–H groups in total. The normalized spacial score (nSPS) is 12.4. The Morgan fingerprint density at radius 1 is 0.784 bits per heavy atom. The molecule has 0 aromatic carbocycles. The Bertz CT molecular complexity index is 579. The molecule has 1 atom stereocenters. The smallest absolute Gasteiger partial charge is 0.222 e. The number of nitrogens with one attached hydrogen (secondary N) is 3. The van der Waals surface area contributed by atoms with Crippen LogP contribution in [-0.2, 0) is 33.3 Å². The number of carbonyl (C=O) groups is 2. The van der Waals surface area contributed by atoms with Crippen molar-refractivity contribution in [2.45, 2.75) is 52.4 Å². The first kappa shape index (κ1) is 35.1. The highest BCUT2D eigenvalue weighted by Gasteiger charge is 2.05. The van der Waals surface area contributed by atoms with Crippen LogP contribution < -0.4 is 21.7 Å². The summed E-state index contributed by atoms with van der Waals surface area (Å²) in [5.74, 6) is 0.431. The number of allylic oxidation sites excluding steroid dienone is 1. The Morgan fingerprint density at radius 2 is 1.38 bits per heavy atom. The van der Waals surface area contributed by atoms with Crippen molar-refractivity contribution < 1.29 is 33.3 Å². The number of hydrogen-bond donors (Lipinski definition) is 4. The minimum absolute atomic E-state index is 0.0295. The SMILES string of the molecule is CCCC(C)COCCC(=O)NCCCNC(=O)CC/C(N)=C/NCCOCCOCCOCCOC. The van der Waals surface area contributed by atoms with E-state index in [-0.39, 0.29) is 11.8 Å². The van der Waals surface area contributed by atoms with Gasteiger partial charge in [0.15, 0.2) is 0 Å². The van der Waals surface area contributed by atoms with E-state index in [1.807, 2.05) is 0 Å². The second kappa shape index (κ2) is 27.1. The number of ether oxygens (including phenoxy) is 5. The molecular weight excluding hydrogens is 480 g/mol. The van der Waals surface area contributed by atoms with Gasteiger partial charge in [-0.15, -0.1) is 0 Å². The maximum absolute atomic E-state index is 11.9. The molecule has 0 aromatic rings. The topological polar surface area (TPSA) is 142 Å². The Hall–Kier alpha value is -1.92. The lowest BCUT2D eigenvalue weighted by atomic mass is 10.1. The zero-order valence-electron chi connectivity index (χ0n) is 23.3. The van der Waals surface area contributed by atoms with Gasteiger partial charge in [-0.2, -0.15) is 0 Å². The van der Waals surface area contributed by atoms with Crippen molar-refractivity contribution in [3.05, 3.63) is 11.9 Å². The van der Waals surface area contributed by atoms with Crippen LogP contribution in [0.2, 0.25) is 0 Å². The van der Waals surface area contributed by atoms with Gasteiger partial charge in [0.05, 0.1) is 52.9 Å². The van der Waals surface area contributed by atoms with Gasteiger partial charge < -0.3 is 45.4 Å². The molecule has 0 radical (unpaired) electrons. The second-order valence-corrected chi connectivity index (χ2v) is 8.78. The van der Waals surface area contributed by atoms with Crippen molar-refractivity contribution in [2.75, 3.05) is 86.2 Å². The summed E-state index contributed by atoms with van der Waals surface area (Å²) in [6, 6.07) is 0. The van der Waals surface area contributed by atoms with E-state index in [0.29, 0.717) is 116 Å². The van der Waals surface area contributed by atoms with Gasteiger partial charge in [0.25, 0.3) is 0 Å². The molecule has 0 rings (SSSR count). The number of methoxy groups -OCH3 is 1. The molecule has 0 heterocycles. The summed E-state index contributed by atoms with van der Waals surface area (Å²) < 4.78 is 26.6. The van der Waals surface area contributed by atoms with Crippen molar-refractivity contribution in [2.24, 2.45) is 11.7 Å². The summed E-state index contributed by atoms with van der Waals surface area (Å²) in [5.41, 5.74) is 6.54. The summed E-state index contributed by atoms with van der Waals surface area (Å²) >= 11 is 0. The number of carbonyl (C=O) groups excluding carboxylic acids is 2. The fourth-order valence-corrected chi connectivity index (χ4v) is 3.09. The first-order valence-corrected chi connectivity index (χ1v) is 13.5. The van der Waals surface area contributed by atoms with Crippen molar-refractivity contribution >= 4 is 11.8 Å². The molecule has 0 fully saturated rings. The lowest BCUT2D eigenvalue weighted by Gasteiger charge is -2.11. The molecule has 0 saturated heterocycles. The quantitative estimate of drug-likeness (QED) is 0.115. The van der Waals surface area contributed by atoms with Crippen molar-refractivity contribution in [1.29, 1.82) is 0 Å². The molecule has 218 valence electrons. The predicted molar refractivity (Wildman–Crippen MR) is 144 cm³/mol. The highest BCUT2D eigenvalue weighted by molar-refractivity contribution is 5.76. The first-order valence-electron chi connectivity index (χ1n) is 13.5. The predicted octanol–water partition coefficient (Wildman–Crippen LogP) is 1.32. The molecule has 0 aliphatic heterocycles. The lowest BCUT2D eigenvalue weighted by molar-refractivity contribution is -0.122. The number of hydrogen-bond acceptors (Lipinski definition) is 9. The molecule has 0 saturated carbocycles. The van der Waals surface area contributed by atoms with Crippen LogP contribution in [0.1, 0.15) is 52.4 Å². The molecule has 1 unspecified atom stereocenters. The van der Waals surface area contributed by atoms with Gasteiger partial charge in [0.1, 0.15) is 0 Å². The monoisotopic (exact) mass is 532 g/mol. The third-order valence-corrected chi connectivity index (χ3v) is 5.15. The van der Waals surface area contributed by atoms with E-state index in [2.05, 4.69) is 29.8 Å². The Kier molecular flexibility index (Phi) is 25.7. The third kappa shape index (κ3) is 26.9. The van der Waals surface area contributed by atoms with Gasteiger partial charge in [-0.1, -0.05) is 20.3 Å². The van der Waals surface area contributed by atoms with Crippen LogP contribution in [0.4, 0.5) is 0 Å². The van der Waals surface area contributed by atoms with Crippen molar-refractivity contribution in [3.63, 3.8) is 0 Å². The largest absolute Gasteiger partial charge is 0.401 e. The van der Waals surface area contributed by atoms with Gasteiger partial charge in [-0.25, -0.2) is 0 Å². The summed E-state index contributed by atoms with van der Waals surface area (Å²) in [6.45, 7) is 10.9. The van der Waals surface area contributed by atoms with Crippen LogP contribution in [0, 0.1) is 5.92 Å². The molecule has 0 aliphatic rings. The Balaban J connectivity index is 3.50. The van der Waals surface area contributed by atoms with Crippen LogP contribution in [0.3, 0.4) is 0 Å². The fourth-order valence-electron chi connectivity index (χ4n) is 3.09. The molecule has 2 amide bonds. The highest BCUT2D eigenvalue weighted by Crippen LogP contribution is 2.05.